The fraction of sp³-hybridized carbons (Fsp3) is 1.00. The van der Waals surface area contributed by atoms with E-state index in [0.29, 0.717) is 6.61 Å². The van der Waals surface area contributed by atoms with E-state index in [2.05, 4.69) is 67.7 Å². The van der Waals surface area contributed by atoms with Crippen LogP contribution in [0.5, 0.6) is 0 Å². The van der Waals surface area contributed by atoms with Crippen molar-refractivity contribution in [2.75, 3.05) is 13.2 Å². The van der Waals surface area contributed by atoms with Gasteiger partial charge >= 0.3 is 0 Å². The zero-order valence-electron chi connectivity index (χ0n) is 15.3. The fourth-order valence-electron chi connectivity index (χ4n) is 1.24. The van der Waals surface area contributed by atoms with Crippen molar-refractivity contribution in [3.8, 4) is 0 Å². The van der Waals surface area contributed by atoms with Crippen LogP contribution < -0.4 is 0 Å². The largest absolute Gasteiger partial charge is 0.414 e. The molecule has 0 unspecified atom stereocenters. The van der Waals surface area contributed by atoms with Gasteiger partial charge in [0.2, 0.25) is 0 Å². The van der Waals surface area contributed by atoms with Gasteiger partial charge in [0.1, 0.15) is 0 Å². The van der Waals surface area contributed by atoms with Crippen molar-refractivity contribution in [1.29, 1.82) is 0 Å². The Morgan fingerprint density at radius 1 is 0.850 bits per heavy atom. The third kappa shape index (κ3) is 5.60. The highest BCUT2D eigenvalue weighted by Crippen LogP contribution is 2.39. The van der Waals surface area contributed by atoms with E-state index < -0.39 is 16.6 Å². The Hall–Kier alpha value is 0.314. The van der Waals surface area contributed by atoms with Crippen molar-refractivity contribution in [2.24, 2.45) is 0 Å². The molecule has 0 aromatic rings. The van der Waals surface area contributed by atoms with Crippen LogP contribution in [0, 0.1) is 0 Å². The van der Waals surface area contributed by atoms with Gasteiger partial charge in [0.05, 0.1) is 19.3 Å². The molecule has 0 bridgehead atoms. The number of hydrogen-bond acceptors (Lipinski definition) is 3. The maximum Gasteiger partial charge on any atom is 0.192 e. The van der Waals surface area contributed by atoms with Gasteiger partial charge in [0, 0.05) is 0 Å². The quantitative estimate of drug-likeness (QED) is 0.738. The van der Waals surface area contributed by atoms with Crippen LogP contribution in [-0.2, 0) is 8.85 Å². The summed E-state index contributed by atoms with van der Waals surface area (Å²) in [5, 5.41) is 9.92. The van der Waals surface area contributed by atoms with Gasteiger partial charge in [-0.05, 0) is 36.3 Å². The van der Waals surface area contributed by atoms with Gasteiger partial charge < -0.3 is 14.0 Å². The summed E-state index contributed by atoms with van der Waals surface area (Å²) < 4.78 is 12.4. The van der Waals surface area contributed by atoms with Crippen LogP contribution in [0.3, 0.4) is 0 Å². The second-order valence-electron chi connectivity index (χ2n) is 8.75. The van der Waals surface area contributed by atoms with Crippen molar-refractivity contribution >= 4 is 16.6 Å². The minimum Gasteiger partial charge on any atom is -0.414 e. The number of aliphatic hydroxyl groups is 1. The minimum atomic E-state index is -1.86. The molecular formula is C15H36O3Si2. The van der Waals surface area contributed by atoms with E-state index in [4.69, 9.17) is 8.85 Å². The molecule has 1 atom stereocenters. The Kier molecular flexibility index (Phi) is 6.71. The second-order valence-corrected chi connectivity index (χ2v) is 18.3. The van der Waals surface area contributed by atoms with Crippen LogP contribution in [0.4, 0.5) is 0 Å². The van der Waals surface area contributed by atoms with Gasteiger partial charge in [0.25, 0.3) is 0 Å². The van der Waals surface area contributed by atoms with E-state index in [1.165, 1.54) is 0 Å². The molecule has 0 rings (SSSR count). The molecule has 0 aliphatic rings. The van der Waals surface area contributed by atoms with Crippen LogP contribution in [0.1, 0.15) is 41.5 Å². The lowest BCUT2D eigenvalue weighted by molar-refractivity contribution is 0.0567. The molecule has 3 nitrogen and oxygen atoms in total. The highest BCUT2D eigenvalue weighted by molar-refractivity contribution is 6.74. The normalized spacial score (nSPS) is 16.4. The Labute approximate surface area is 128 Å². The summed E-state index contributed by atoms with van der Waals surface area (Å²) >= 11 is 0. The van der Waals surface area contributed by atoms with Crippen LogP contribution in [-0.4, -0.2) is 41.1 Å². The molecule has 0 amide bonds. The van der Waals surface area contributed by atoms with Crippen LogP contribution in [0.2, 0.25) is 36.3 Å². The molecule has 5 heteroatoms. The summed E-state index contributed by atoms with van der Waals surface area (Å²) in [5.74, 6) is 0. The zero-order valence-corrected chi connectivity index (χ0v) is 17.3. The first kappa shape index (κ1) is 20.3. The van der Waals surface area contributed by atoms with Crippen molar-refractivity contribution in [2.45, 2.75) is 83.9 Å². The molecule has 0 aliphatic carbocycles. The number of hydrogen-bond donors (Lipinski definition) is 1. The molecule has 0 radical (unpaired) electrons. The van der Waals surface area contributed by atoms with Crippen molar-refractivity contribution < 1.29 is 14.0 Å². The van der Waals surface area contributed by atoms with Crippen LogP contribution in [0.15, 0.2) is 0 Å². The Bertz CT molecular complexity index is 301. The third-order valence-corrected chi connectivity index (χ3v) is 13.9. The molecule has 0 fully saturated rings. The maximum atomic E-state index is 9.59. The highest BCUT2D eigenvalue weighted by atomic mass is 28.4. The zero-order chi connectivity index (χ0) is 16.4. The average Bonchev–Trinajstić information content (AvgIpc) is 2.20. The van der Waals surface area contributed by atoms with Gasteiger partial charge in [-0.25, -0.2) is 0 Å². The molecule has 0 saturated heterocycles. The molecule has 0 aliphatic heterocycles. The van der Waals surface area contributed by atoms with Crippen LogP contribution in [0.25, 0.3) is 0 Å². The Morgan fingerprint density at radius 3 is 1.55 bits per heavy atom. The molecule has 0 saturated carbocycles. The Balaban J connectivity index is 4.68. The standard InChI is InChI=1S/C15H36O3Si2/c1-14(2,3)19(7,8)17-12-13(11-16)18-20(9,10)15(4,5)6/h13,16H,11-12H2,1-10H3/t13-/m0/s1. The van der Waals surface area contributed by atoms with Crippen LogP contribution >= 0.6 is 0 Å². The summed E-state index contributed by atoms with van der Waals surface area (Å²) in [4.78, 5) is 0. The van der Waals surface area contributed by atoms with E-state index in [1.807, 2.05) is 0 Å². The first-order chi connectivity index (χ1) is 8.64. The summed E-state index contributed by atoms with van der Waals surface area (Å²) in [6, 6.07) is 0. The fourth-order valence-corrected chi connectivity index (χ4v) is 3.60. The molecule has 20 heavy (non-hydrogen) atoms. The average molecular weight is 321 g/mol. The first-order valence-corrected chi connectivity index (χ1v) is 13.4. The number of rotatable bonds is 6. The summed E-state index contributed by atoms with van der Waals surface area (Å²) in [7, 11) is -3.64. The lowest BCUT2D eigenvalue weighted by Crippen LogP contribution is -2.48. The van der Waals surface area contributed by atoms with E-state index in [0.717, 1.165) is 0 Å². The summed E-state index contributed by atoms with van der Waals surface area (Å²) in [6.07, 6.45) is -0.204. The van der Waals surface area contributed by atoms with Gasteiger partial charge in [-0.15, -0.1) is 0 Å². The molecule has 0 spiro atoms. The van der Waals surface area contributed by atoms with Crippen molar-refractivity contribution in [1.82, 2.24) is 0 Å². The summed E-state index contributed by atoms with van der Waals surface area (Å²) in [6.45, 7) is 22.7. The predicted molar refractivity (Wildman–Crippen MR) is 92.3 cm³/mol. The van der Waals surface area contributed by atoms with Gasteiger partial charge in [-0.1, -0.05) is 41.5 Å². The second kappa shape index (κ2) is 6.61. The first-order valence-electron chi connectivity index (χ1n) is 7.57. The number of aliphatic hydroxyl groups excluding tert-OH is 1. The van der Waals surface area contributed by atoms with E-state index in [-0.39, 0.29) is 22.8 Å². The lowest BCUT2D eigenvalue weighted by atomic mass is 10.2. The molecule has 0 heterocycles. The molecule has 0 aromatic carbocycles. The van der Waals surface area contributed by atoms with Gasteiger partial charge in [0.15, 0.2) is 16.6 Å². The topological polar surface area (TPSA) is 38.7 Å². The summed E-state index contributed by atoms with van der Waals surface area (Å²) in [5.41, 5.74) is 0. The predicted octanol–water partition coefficient (Wildman–Crippen LogP) is 4.39. The third-order valence-electron chi connectivity index (χ3n) is 4.91. The molecule has 1 N–H and O–H groups in total. The monoisotopic (exact) mass is 320 g/mol. The molecule has 122 valence electrons. The highest BCUT2D eigenvalue weighted by Gasteiger charge is 2.41. The maximum absolute atomic E-state index is 9.59. The molecular weight excluding hydrogens is 284 g/mol. The van der Waals surface area contributed by atoms with Crippen molar-refractivity contribution in [3.05, 3.63) is 0 Å². The Morgan fingerprint density at radius 2 is 1.25 bits per heavy atom. The van der Waals surface area contributed by atoms with Gasteiger partial charge in [-0.2, -0.15) is 0 Å². The van der Waals surface area contributed by atoms with E-state index in [9.17, 15) is 5.11 Å². The molecule has 0 aromatic heterocycles. The smallest absolute Gasteiger partial charge is 0.192 e. The van der Waals surface area contributed by atoms with Gasteiger partial charge in [-0.3, -0.25) is 0 Å². The van der Waals surface area contributed by atoms with E-state index >= 15 is 0 Å². The minimum absolute atomic E-state index is 0.0289. The lowest BCUT2D eigenvalue weighted by Gasteiger charge is -2.41. The van der Waals surface area contributed by atoms with Crippen molar-refractivity contribution in [3.63, 3.8) is 0 Å². The SMILES string of the molecule is CC(C)(C)[Si](C)(C)OC[C@H](CO)O[Si](C)(C)C(C)(C)C. The van der Waals surface area contributed by atoms with E-state index in [1.54, 1.807) is 0 Å².